The van der Waals surface area contributed by atoms with Gasteiger partial charge in [0.25, 0.3) is 0 Å². The first-order valence-corrected chi connectivity index (χ1v) is 9.19. The van der Waals surface area contributed by atoms with E-state index in [1.165, 1.54) is 0 Å². The van der Waals surface area contributed by atoms with Crippen molar-refractivity contribution in [3.63, 3.8) is 0 Å². The Morgan fingerprint density at radius 2 is 1.69 bits per heavy atom. The van der Waals surface area contributed by atoms with Crippen LogP contribution in [0.4, 0.5) is 4.79 Å². The zero-order valence-corrected chi connectivity index (χ0v) is 15.1. The van der Waals surface area contributed by atoms with E-state index in [1.54, 1.807) is 7.11 Å². The number of carbonyl (C=O) groups excluding carboxylic acids is 1. The molecule has 0 N–H and O–H groups in total. The predicted molar refractivity (Wildman–Crippen MR) is 101 cm³/mol. The number of carbonyl (C=O) groups is 1. The van der Waals surface area contributed by atoms with E-state index < -0.39 is 0 Å². The summed E-state index contributed by atoms with van der Waals surface area (Å²) < 4.78 is 11.1. The molecule has 0 atom stereocenters. The number of para-hydroxylation sites is 1. The number of piperidine rings is 1. The Bertz CT molecular complexity index is 767. The molecule has 0 unspecified atom stereocenters. The number of benzene rings is 2. The number of hydrogen-bond donors (Lipinski definition) is 0. The van der Waals surface area contributed by atoms with E-state index in [0.29, 0.717) is 11.8 Å². The third kappa shape index (κ3) is 3.40. The van der Waals surface area contributed by atoms with E-state index in [4.69, 9.17) is 9.47 Å². The predicted octanol–water partition coefficient (Wildman–Crippen LogP) is 3.64. The van der Waals surface area contributed by atoms with Crippen LogP contribution in [0.1, 0.15) is 12.8 Å². The molecule has 0 aliphatic carbocycles. The Kier molecular flexibility index (Phi) is 4.80. The SMILES string of the molecule is COc1ccccc1-c1ccc(OC(=O)N2CCN3CCC2CC3)cc1. The van der Waals surface area contributed by atoms with Gasteiger partial charge < -0.3 is 19.3 Å². The van der Waals surface area contributed by atoms with Crippen molar-refractivity contribution in [3.05, 3.63) is 48.5 Å². The molecule has 5 rings (SSSR count). The fourth-order valence-corrected chi connectivity index (χ4v) is 3.87. The lowest BCUT2D eigenvalue weighted by Gasteiger charge is -2.30. The van der Waals surface area contributed by atoms with Gasteiger partial charge in [0, 0.05) is 37.8 Å². The average molecular weight is 352 g/mol. The number of methoxy groups -OCH3 is 1. The Morgan fingerprint density at radius 1 is 0.962 bits per heavy atom. The molecule has 5 heteroatoms. The Morgan fingerprint density at radius 3 is 2.42 bits per heavy atom. The molecule has 0 saturated carbocycles. The summed E-state index contributed by atoms with van der Waals surface area (Å²) in [5, 5.41) is 0. The van der Waals surface area contributed by atoms with Crippen molar-refractivity contribution in [1.82, 2.24) is 9.80 Å². The quantitative estimate of drug-likeness (QED) is 0.846. The first-order chi connectivity index (χ1) is 12.7. The van der Waals surface area contributed by atoms with Gasteiger partial charge in [-0.05, 0) is 36.6 Å². The highest BCUT2D eigenvalue weighted by Gasteiger charge is 2.32. The lowest BCUT2D eigenvalue weighted by Crippen LogP contribution is -2.43. The van der Waals surface area contributed by atoms with Crippen LogP contribution in [-0.4, -0.2) is 55.2 Å². The van der Waals surface area contributed by atoms with Gasteiger partial charge in [0.15, 0.2) is 0 Å². The number of nitrogens with zero attached hydrogens (tertiary/aromatic N) is 2. The first kappa shape index (κ1) is 16.9. The summed E-state index contributed by atoms with van der Waals surface area (Å²) in [6.07, 6.45) is 1.85. The first-order valence-electron chi connectivity index (χ1n) is 9.19. The highest BCUT2D eigenvalue weighted by atomic mass is 16.6. The molecule has 0 aromatic heterocycles. The molecule has 0 spiro atoms. The fourth-order valence-electron chi connectivity index (χ4n) is 3.87. The number of amides is 1. The molecule has 2 bridgehead atoms. The average Bonchev–Trinajstić information content (AvgIpc) is 3.02. The minimum Gasteiger partial charge on any atom is -0.496 e. The second-order valence-corrected chi connectivity index (χ2v) is 6.86. The third-order valence-electron chi connectivity index (χ3n) is 5.37. The molecule has 3 aliphatic heterocycles. The lowest BCUT2D eigenvalue weighted by atomic mass is 10.0. The molecular weight excluding hydrogens is 328 g/mol. The third-order valence-corrected chi connectivity index (χ3v) is 5.37. The topological polar surface area (TPSA) is 42.0 Å². The number of rotatable bonds is 3. The van der Waals surface area contributed by atoms with Crippen molar-refractivity contribution in [2.75, 3.05) is 33.3 Å². The maximum atomic E-state index is 12.6. The van der Waals surface area contributed by atoms with Crippen LogP contribution >= 0.6 is 0 Å². The summed E-state index contributed by atoms with van der Waals surface area (Å²) in [4.78, 5) is 17.0. The van der Waals surface area contributed by atoms with Gasteiger partial charge >= 0.3 is 6.09 Å². The lowest BCUT2D eigenvalue weighted by molar-refractivity contribution is 0.131. The summed E-state index contributed by atoms with van der Waals surface area (Å²) in [7, 11) is 1.67. The molecule has 2 aromatic carbocycles. The maximum absolute atomic E-state index is 12.6. The van der Waals surface area contributed by atoms with Crippen molar-refractivity contribution < 1.29 is 14.3 Å². The zero-order chi connectivity index (χ0) is 17.9. The Labute approximate surface area is 154 Å². The summed E-state index contributed by atoms with van der Waals surface area (Å²) in [6.45, 7) is 3.87. The van der Waals surface area contributed by atoms with Crippen LogP contribution in [-0.2, 0) is 0 Å². The second kappa shape index (κ2) is 7.38. The van der Waals surface area contributed by atoms with E-state index in [-0.39, 0.29) is 6.09 Å². The molecule has 136 valence electrons. The molecule has 3 fully saturated rings. The number of hydrogen-bond acceptors (Lipinski definition) is 4. The van der Waals surface area contributed by atoms with Crippen LogP contribution in [0, 0.1) is 0 Å². The minimum absolute atomic E-state index is 0.233. The standard InChI is InChI=1S/C21H24N2O3/c1-25-20-5-3-2-4-19(20)16-6-8-18(9-7-16)26-21(24)23-15-14-22-12-10-17(23)11-13-22/h2-9,17H,10-15H2,1H3. The summed E-state index contributed by atoms with van der Waals surface area (Å²) in [6, 6.07) is 15.8. The van der Waals surface area contributed by atoms with Crippen LogP contribution in [0.2, 0.25) is 0 Å². The van der Waals surface area contributed by atoms with Crippen molar-refractivity contribution in [2.45, 2.75) is 18.9 Å². The fraction of sp³-hybridized carbons (Fsp3) is 0.381. The zero-order valence-electron chi connectivity index (χ0n) is 15.1. The van der Waals surface area contributed by atoms with Crippen LogP contribution < -0.4 is 9.47 Å². The van der Waals surface area contributed by atoms with Gasteiger partial charge in [-0.15, -0.1) is 0 Å². The molecule has 1 amide bonds. The molecule has 5 nitrogen and oxygen atoms in total. The van der Waals surface area contributed by atoms with Gasteiger partial charge in [0.2, 0.25) is 0 Å². The normalized spacial score (nSPS) is 22.0. The monoisotopic (exact) mass is 352 g/mol. The summed E-state index contributed by atoms with van der Waals surface area (Å²) >= 11 is 0. The van der Waals surface area contributed by atoms with Gasteiger partial charge in [-0.1, -0.05) is 30.3 Å². The maximum Gasteiger partial charge on any atom is 0.415 e. The number of fused-ring (bicyclic) bond motifs is 4. The molecule has 0 radical (unpaired) electrons. The molecule has 3 aliphatic rings. The van der Waals surface area contributed by atoms with Crippen LogP contribution in [0.3, 0.4) is 0 Å². The van der Waals surface area contributed by atoms with Gasteiger partial charge in [0.05, 0.1) is 7.11 Å². The van der Waals surface area contributed by atoms with Crippen molar-refractivity contribution in [2.24, 2.45) is 0 Å². The van der Waals surface area contributed by atoms with Crippen molar-refractivity contribution in [1.29, 1.82) is 0 Å². The molecule has 26 heavy (non-hydrogen) atoms. The highest BCUT2D eigenvalue weighted by Crippen LogP contribution is 2.31. The summed E-state index contributed by atoms with van der Waals surface area (Å²) in [5.74, 6) is 1.40. The van der Waals surface area contributed by atoms with E-state index in [1.807, 2.05) is 53.4 Å². The van der Waals surface area contributed by atoms with E-state index in [0.717, 1.165) is 55.9 Å². The smallest absolute Gasteiger partial charge is 0.415 e. The van der Waals surface area contributed by atoms with Gasteiger partial charge in [-0.3, -0.25) is 0 Å². The van der Waals surface area contributed by atoms with Crippen molar-refractivity contribution >= 4 is 6.09 Å². The molecule has 3 saturated heterocycles. The van der Waals surface area contributed by atoms with Crippen LogP contribution in [0.5, 0.6) is 11.5 Å². The van der Waals surface area contributed by atoms with Gasteiger partial charge in [0.1, 0.15) is 11.5 Å². The van der Waals surface area contributed by atoms with E-state index in [9.17, 15) is 4.79 Å². The van der Waals surface area contributed by atoms with Crippen LogP contribution in [0.25, 0.3) is 11.1 Å². The van der Waals surface area contributed by atoms with E-state index >= 15 is 0 Å². The Balaban J connectivity index is 1.46. The van der Waals surface area contributed by atoms with Gasteiger partial charge in [-0.25, -0.2) is 4.79 Å². The second-order valence-electron chi connectivity index (χ2n) is 6.86. The number of ether oxygens (including phenoxy) is 2. The molecular formula is C21H24N2O3. The van der Waals surface area contributed by atoms with Crippen LogP contribution in [0.15, 0.2) is 48.5 Å². The molecule has 3 heterocycles. The van der Waals surface area contributed by atoms with E-state index in [2.05, 4.69) is 4.90 Å². The summed E-state index contributed by atoms with van der Waals surface area (Å²) in [5.41, 5.74) is 2.05. The minimum atomic E-state index is -0.233. The Hall–Kier alpha value is -2.53. The largest absolute Gasteiger partial charge is 0.496 e. The highest BCUT2D eigenvalue weighted by molar-refractivity contribution is 5.73. The molecule has 2 aromatic rings. The van der Waals surface area contributed by atoms with Crippen molar-refractivity contribution in [3.8, 4) is 22.6 Å². The van der Waals surface area contributed by atoms with Gasteiger partial charge in [-0.2, -0.15) is 0 Å².